The molecule has 0 aromatic heterocycles. The van der Waals surface area contributed by atoms with Gasteiger partial charge in [-0.3, -0.25) is 19.2 Å². The van der Waals surface area contributed by atoms with Crippen molar-refractivity contribution < 1.29 is 33.8 Å². The van der Waals surface area contributed by atoms with Crippen LogP contribution in [-0.4, -0.2) is 77.2 Å². The molecule has 268 valence electrons. The van der Waals surface area contributed by atoms with Crippen LogP contribution in [0.15, 0.2) is 73.8 Å². The van der Waals surface area contributed by atoms with Crippen molar-refractivity contribution in [2.45, 2.75) is 89.7 Å². The molecule has 3 aliphatic heterocycles. The number of hydrogen-bond donors (Lipinski definition) is 2. The number of para-hydroxylation sites is 1. The Morgan fingerprint density at radius 2 is 1.82 bits per heavy atom. The van der Waals surface area contributed by atoms with Gasteiger partial charge in [-0.05, 0) is 55.7 Å². The Labute approximate surface area is 295 Å². The van der Waals surface area contributed by atoms with Crippen molar-refractivity contribution in [3.8, 4) is 0 Å². The van der Waals surface area contributed by atoms with Crippen molar-refractivity contribution in [3.05, 3.63) is 90.5 Å². The molecule has 50 heavy (non-hydrogen) atoms. The Bertz CT molecular complexity index is 1570. The van der Waals surface area contributed by atoms with Gasteiger partial charge in [-0.25, -0.2) is 0 Å². The zero-order valence-electron chi connectivity index (χ0n) is 29.7. The second kappa shape index (κ2) is 15.7. The Hall–Kier alpha value is -4.28. The lowest BCUT2D eigenvalue weighted by atomic mass is 9.70. The zero-order chi connectivity index (χ0) is 36.2. The Morgan fingerprint density at radius 1 is 1.12 bits per heavy atom. The predicted molar refractivity (Wildman–Crippen MR) is 191 cm³/mol. The number of aryl methyl sites for hydroxylation is 2. The summed E-state index contributed by atoms with van der Waals surface area (Å²) in [7, 11) is 0. The molecular weight excluding hydrogens is 634 g/mol. The van der Waals surface area contributed by atoms with Gasteiger partial charge >= 0.3 is 5.97 Å². The third-order valence-corrected chi connectivity index (χ3v) is 10.9. The first-order valence-electron chi connectivity index (χ1n) is 17.8. The predicted octanol–water partition coefficient (Wildman–Crippen LogP) is 4.97. The van der Waals surface area contributed by atoms with E-state index < -0.39 is 47.7 Å². The first-order chi connectivity index (χ1) is 24.0. The van der Waals surface area contributed by atoms with Crippen molar-refractivity contribution in [1.29, 1.82) is 0 Å². The molecule has 3 heterocycles. The average Bonchev–Trinajstić information content (AvgIpc) is 3.76. The molecule has 2 N–H and O–H groups in total. The first kappa shape index (κ1) is 37.0. The molecule has 3 aliphatic rings. The number of likely N-dealkylation sites (tertiary alicyclic amines) is 1. The van der Waals surface area contributed by atoms with Crippen LogP contribution < -0.4 is 10.2 Å². The lowest BCUT2D eigenvalue weighted by molar-refractivity contribution is -0.161. The summed E-state index contributed by atoms with van der Waals surface area (Å²) in [6.45, 7) is 15.3. The number of carbonyl (C=O) groups is 4. The highest BCUT2D eigenvalue weighted by atomic mass is 16.6. The largest absolute Gasteiger partial charge is 0.455 e. The van der Waals surface area contributed by atoms with Gasteiger partial charge in [0.05, 0.1) is 37.1 Å². The number of benzene rings is 2. The lowest BCUT2D eigenvalue weighted by Crippen LogP contribution is -2.60. The minimum absolute atomic E-state index is 0.0495. The van der Waals surface area contributed by atoms with Gasteiger partial charge in [-0.1, -0.05) is 81.0 Å². The molecule has 2 bridgehead atoms. The maximum absolute atomic E-state index is 15.1. The van der Waals surface area contributed by atoms with Crippen molar-refractivity contribution in [2.75, 3.05) is 24.6 Å². The monoisotopic (exact) mass is 685 g/mol. The van der Waals surface area contributed by atoms with Gasteiger partial charge in [0.2, 0.25) is 11.8 Å². The van der Waals surface area contributed by atoms with E-state index in [0.717, 1.165) is 16.8 Å². The molecular formula is C40H51N3O7. The van der Waals surface area contributed by atoms with Gasteiger partial charge in [0.1, 0.15) is 17.7 Å². The molecule has 2 aromatic rings. The molecule has 0 unspecified atom stereocenters. The number of allylic oxidation sites excluding steroid dienone is 1. The summed E-state index contributed by atoms with van der Waals surface area (Å²) in [4.78, 5) is 59.9. The summed E-state index contributed by atoms with van der Waals surface area (Å²) < 4.78 is 12.9. The fourth-order valence-corrected chi connectivity index (χ4v) is 8.25. The van der Waals surface area contributed by atoms with Crippen LogP contribution in [0.25, 0.3) is 0 Å². The standard InChI is InChI=1S/C40H51N3O7/c1-7-10-19-32(45)41-23-31(28-17-12-11-13-18-28)49-39(48)33-30-20-21-40(50-30)34(33)37(46)43(29(24-44)25(4)9-3)36(40)38(47)42(22-8-2)35-26(5)15-14-16-27(35)6/h7-8,11-18,25,29-31,33-34,36,44H,1-2,9-10,19-24H2,3-6H3,(H,41,45)/t25-,29-,30+,31+,33-,34-,36+,40-/m0/s1. The molecule has 3 saturated heterocycles. The van der Waals surface area contributed by atoms with Crippen LogP contribution in [0.5, 0.6) is 0 Å². The molecule has 2 aromatic carbocycles. The summed E-state index contributed by atoms with van der Waals surface area (Å²) in [6.07, 6.45) is 4.19. The molecule has 5 rings (SSSR count). The number of aliphatic hydroxyl groups is 1. The zero-order valence-corrected chi connectivity index (χ0v) is 29.7. The Balaban J connectivity index is 1.53. The summed E-state index contributed by atoms with van der Waals surface area (Å²) in [6, 6.07) is 13.2. The Morgan fingerprint density at radius 3 is 2.44 bits per heavy atom. The van der Waals surface area contributed by atoms with E-state index >= 15 is 4.79 Å². The summed E-state index contributed by atoms with van der Waals surface area (Å²) >= 11 is 0. The van der Waals surface area contributed by atoms with E-state index in [1.54, 1.807) is 17.1 Å². The molecule has 10 nitrogen and oxygen atoms in total. The van der Waals surface area contributed by atoms with Gasteiger partial charge in [-0.15, -0.1) is 13.2 Å². The summed E-state index contributed by atoms with van der Waals surface area (Å²) in [5.74, 6) is -3.62. The summed E-state index contributed by atoms with van der Waals surface area (Å²) in [5.41, 5.74) is 1.93. The van der Waals surface area contributed by atoms with Crippen LogP contribution >= 0.6 is 0 Å². The van der Waals surface area contributed by atoms with Crippen LogP contribution in [0.2, 0.25) is 0 Å². The molecule has 0 radical (unpaired) electrons. The fraction of sp³-hybridized carbons (Fsp3) is 0.500. The van der Waals surface area contributed by atoms with Gasteiger partial charge in [0.15, 0.2) is 0 Å². The highest BCUT2D eigenvalue weighted by molar-refractivity contribution is 6.05. The molecule has 3 fully saturated rings. The molecule has 3 amide bonds. The highest BCUT2D eigenvalue weighted by Gasteiger charge is 2.76. The normalized spacial score (nSPS) is 25.4. The van der Waals surface area contributed by atoms with Crippen LogP contribution in [0, 0.1) is 31.6 Å². The van der Waals surface area contributed by atoms with E-state index in [4.69, 9.17) is 9.47 Å². The van der Waals surface area contributed by atoms with Crippen LogP contribution in [0.4, 0.5) is 5.69 Å². The Kier molecular flexibility index (Phi) is 11.6. The van der Waals surface area contributed by atoms with E-state index in [2.05, 4.69) is 18.5 Å². The highest BCUT2D eigenvalue weighted by Crippen LogP contribution is 2.59. The van der Waals surface area contributed by atoms with E-state index in [1.165, 1.54) is 4.90 Å². The first-order valence-corrected chi connectivity index (χ1v) is 17.8. The van der Waals surface area contributed by atoms with Crippen molar-refractivity contribution in [2.24, 2.45) is 17.8 Å². The number of aliphatic hydroxyl groups excluding tert-OH is 1. The number of amides is 3. The van der Waals surface area contributed by atoms with Gasteiger partial charge < -0.3 is 29.7 Å². The van der Waals surface area contributed by atoms with E-state index in [1.807, 2.05) is 76.2 Å². The second-order valence-electron chi connectivity index (χ2n) is 13.9. The molecule has 0 aliphatic carbocycles. The number of nitrogens with one attached hydrogen (secondary N) is 1. The number of esters is 1. The third kappa shape index (κ3) is 6.75. The number of rotatable bonds is 16. The third-order valence-electron chi connectivity index (χ3n) is 10.9. The van der Waals surface area contributed by atoms with E-state index in [0.29, 0.717) is 31.2 Å². The van der Waals surface area contributed by atoms with Crippen molar-refractivity contribution in [1.82, 2.24) is 10.2 Å². The van der Waals surface area contributed by atoms with Crippen LogP contribution in [-0.2, 0) is 28.7 Å². The van der Waals surface area contributed by atoms with Gasteiger partial charge in [0, 0.05) is 18.7 Å². The number of hydrogen-bond acceptors (Lipinski definition) is 7. The second-order valence-corrected chi connectivity index (χ2v) is 13.9. The number of ether oxygens (including phenoxy) is 2. The molecule has 8 atom stereocenters. The number of anilines is 1. The van der Waals surface area contributed by atoms with Crippen molar-refractivity contribution >= 4 is 29.4 Å². The average molecular weight is 686 g/mol. The van der Waals surface area contributed by atoms with E-state index in [-0.39, 0.29) is 49.8 Å². The maximum Gasteiger partial charge on any atom is 0.313 e. The number of nitrogens with zero attached hydrogens (tertiary/aromatic N) is 2. The minimum Gasteiger partial charge on any atom is -0.455 e. The summed E-state index contributed by atoms with van der Waals surface area (Å²) in [5, 5.41) is 13.6. The lowest BCUT2D eigenvalue weighted by Gasteiger charge is -2.41. The fourth-order valence-electron chi connectivity index (χ4n) is 8.25. The smallest absolute Gasteiger partial charge is 0.313 e. The van der Waals surface area contributed by atoms with Gasteiger partial charge in [0.25, 0.3) is 5.91 Å². The topological polar surface area (TPSA) is 125 Å². The van der Waals surface area contributed by atoms with Gasteiger partial charge in [-0.2, -0.15) is 0 Å². The van der Waals surface area contributed by atoms with Crippen LogP contribution in [0.3, 0.4) is 0 Å². The molecule has 0 saturated carbocycles. The van der Waals surface area contributed by atoms with Crippen LogP contribution in [0.1, 0.15) is 68.7 Å². The SMILES string of the molecule is C=CCCC(=O)NC[C@@H](OC(=O)[C@@H]1[C@H]2C(=O)N([C@@H](CO)[C@@H](C)CC)[C@H](C(=O)N(CC=C)c3c(C)cccc3C)[C@]23CC[C@H]1O3)c1ccccc1. The number of fused-ring (bicyclic) bond motifs is 1. The minimum atomic E-state index is -1.29. The number of carbonyl (C=O) groups excluding carboxylic acids is 4. The van der Waals surface area contributed by atoms with E-state index in [9.17, 15) is 19.5 Å². The maximum atomic E-state index is 15.1. The van der Waals surface area contributed by atoms with Crippen molar-refractivity contribution in [3.63, 3.8) is 0 Å². The molecule has 1 spiro atoms. The molecule has 10 heteroatoms. The quantitative estimate of drug-likeness (QED) is 0.189.